The molecule has 22 heavy (non-hydrogen) atoms. The number of allylic oxidation sites excluding steroid dienone is 6. The third kappa shape index (κ3) is 16.9. The minimum atomic E-state index is -0.297. The summed E-state index contributed by atoms with van der Waals surface area (Å²) in [6.45, 7) is 1.90. The van der Waals surface area contributed by atoms with E-state index in [1.165, 1.54) is 32.1 Å². The van der Waals surface area contributed by atoms with Crippen LogP contribution in [0.2, 0.25) is 0 Å². The lowest BCUT2D eigenvalue weighted by atomic mass is 10.1. The molecule has 126 valence electrons. The van der Waals surface area contributed by atoms with E-state index in [2.05, 4.69) is 43.4 Å². The van der Waals surface area contributed by atoms with E-state index in [0.717, 1.165) is 32.1 Å². The SMILES string of the molecule is CCC/C=C\C/C=C\C/C=C\CCCCCCCC(=O)CO. The first kappa shape index (κ1) is 20.9. The third-order valence-corrected chi connectivity index (χ3v) is 3.50. The van der Waals surface area contributed by atoms with Crippen molar-refractivity contribution in [3.8, 4) is 0 Å². The molecule has 2 heteroatoms. The largest absolute Gasteiger partial charge is 0.389 e. The van der Waals surface area contributed by atoms with Gasteiger partial charge in [0.05, 0.1) is 0 Å². The zero-order valence-electron chi connectivity index (χ0n) is 14.3. The van der Waals surface area contributed by atoms with Crippen molar-refractivity contribution in [3.63, 3.8) is 0 Å². The molecule has 0 saturated heterocycles. The second kappa shape index (κ2) is 17.9. The number of Topliss-reactive ketones (excluding diaryl/α,β-unsaturated/α-hetero) is 1. The van der Waals surface area contributed by atoms with Crippen LogP contribution in [0.1, 0.15) is 77.6 Å². The monoisotopic (exact) mass is 306 g/mol. The molecule has 0 saturated carbocycles. The highest BCUT2D eigenvalue weighted by atomic mass is 16.3. The summed E-state index contributed by atoms with van der Waals surface area (Å²) >= 11 is 0. The number of unbranched alkanes of at least 4 members (excludes halogenated alkanes) is 6. The van der Waals surface area contributed by atoms with E-state index in [0.29, 0.717) is 6.42 Å². The lowest BCUT2D eigenvalue weighted by Crippen LogP contribution is -2.02. The van der Waals surface area contributed by atoms with Gasteiger partial charge in [0.2, 0.25) is 0 Å². The van der Waals surface area contributed by atoms with Gasteiger partial charge in [-0.15, -0.1) is 0 Å². The summed E-state index contributed by atoms with van der Waals surface area (Å²) in [5.74, 6) is -0.0307. The second-order valence-electron chi connectivity index (χ2n) is 5.68. The van der Waals surface area contributed by atoms with Gasteiger partial charge in [0.1, 0.15) is 6.61 Å². The Morgan fingerprint density at radius 3 is 1.95 bits per heavy atom. The number of rotatable bonds is 15. The molecule has 0 aromatic heterocycles. The topological polar surface area (TPSA) is 37.3 Å². The maximum Gasteiger partial charge on any atom is 0.158 e. The standard InChI is InChI=1S/C20H34O2/c1-2-3-4-5-6-7-8-9-10-11-12-13-14-15-16-17-18-20(22)19-21/h4-5,7-8,10-11,21H,2-3,6,9,12-19H2,1H3/b5-4-,8-7-,11-10-. The number of ketones is 1. The van der Waals surface area contributed by atoms with Crippen LogP contribution in [-0.4, -0.2) is 17.5 Å². The summed E-state index contributed by atoms with van der Waals surface area (Å²) in [6, 6.07) is 0. The Morgan fingerprint density at radius 2 is 1.32 bits per heavy atom. The Morgan fingerprint density at radius 1 is 0.773 bits per heavy atom. The Bertz CT molecular complexity index is 327. The third-order valence-electron chi connectivity index (χ3n) is 3.50. The Labute approximate surface area is 137 Å². The van der Waals surface area contributed by atoms with Crippen LogP contribution in [0, 0.1) is 0 Å². The van der Waals surface area contributed by atoms with Crippen molar-refractivity contribution in [1.29, 1.82) is 0 Å². The van der Waals surface area contributed by atoms with E-state index in [1.54, 1.807) is 0 Å². The maximum atomic E-state index is 10.9. The first-order chi connectivity index (χ1) is 10.8. The number of carbonyl (C=O) groups excluding carboxylic acids is 1. The molecule has 0 spiro atoms. The summed E-state index contributed by atoms with van der Waals surface area (Å²) in [6.07, 6.45) is 25.3. The molecule has 0 fully saturated rings. The van der Waals surface area contributed by atoms with Gasteiger partial charge in [-0.05, 0) is 38.5 Å². The first-order valence-electron chi connectivity index (χ1n) is 8.88. The molecule has 2 nitrogen and oxygen atoms in total. The lowest BCUT2D eigenvalue weighted by molar-refractivity contribution is -0.121. The summed E-state index contributed by atoms with van der Waals surface area (Å²) in [5, 5.41) is 8.60. The molecular weight excluding hydrogens is 272 g/mol. The molecule has 0 amide bonds. The molecule has 0 heterocycles. The van der Waals surface area contributed by atoms with Crippen LogP contribution < -0.4 is 0 Å². The van der Waals surface area contributed by atoms with Crippen molar-refractivity contribution in [2.75, 3.05) is 6.61 Å². The van der Waals surface area contributed by atoms with Crippen LogP contribution in [0.5, 0.6) is 0 Å². The number of carbonyl (C=O) groups is 1. The van der Waals surface area contributed by atoms with Crippen molar-refractivity contribution in [3.05, 3.63) is 36.5 Å². The first-order valence-corrected chi connectivity index (χ1v) is 8.88. The molecule has 0 atom stereocenters. The van der Waals surface area contributed by atoms with Crippen LogP contribution in [0.25, 0.3) is 0 Å². The highest BCUT2D eigenvalue weighted by Gasteiger charge is 1.98. The van der Waals surface area contributed by atoms with E-state index in [4.69, 9.17) is 5.11 Å². The fourth-order valence-electron chi connectivity index (χ4n) is 2.14. The average molecular weight is 306 g/mol. The van der Waals surface area contributed by atoms with E-state index >= 15 is 0 Å². The van der Waals surface area contributed by atoms with E-state index in [9.17, 15) is 4.79 Å². The van der Waals surface area contributed by atoms with Gasteiger partial charge < -0.3 is 5.11 Å². The lowest BCUT2D eigenvalue weighted by Gasteiger charge is -1.99. The molecule has 0 unspecified atom stereocenters. The van der Waals surface area contributed by atoms with Crippen molar-refractivity contribution in [2.24, 2.45) is 0 Å². The van der Waals surface area contributed by atoms with E-state index in [1.807, 2.05) is 0 Å². The fourth-order valence-corrected chi connectivity index (χ4v) is 2.14. The summed E-state index contributed by atoms with van der Waals surface area (Å²) < 4.78 is 0. The zero-order chi connectivity index (χ0) is 16.3. The molecule has 0 aliphatic carbocycles. The molecular formula is C20H34O2. The van der Waals surface area contributed by atoms with Gasteiger partial charge in [-0.2, -0.15) is 0 Å². The molecule has 0 radical (unpaired) electrons. The van der Waals surface area contributed by atoms with Crippen molar-refractivity contribution in [1.82, 2.24) is 0 Å². The normalized spacial score (nSPS) is 12.1. The molecule has 1 N–H and O–H groups in total. The van der Waals surface area contributed by atoms with Crippen LogP contribution >= 0.6 is 0 Å². The predicted octanol–water partition coefficient (Wildman–Crippen LogP) is 5.53. The van der Waals surface area contributed by atoms with Gasteiger partial charge in [-0.3, -0.25) is 4.79 Å². The van der Waals surface area contributed by atoms with E-state index < -0.39 is 0 Å². The summed E-state index contributed by atoms with van der Waals surface area (Å²) in [4.78, 5) is 10.9. The molecule has 0 aliphatic rings. The van der Waals surface area contributed by atoms with Crippen molar-refractivity contribution >= 4 is 5.78 Å². The van der Waals surface area contributed by atoms with Crippen molar-refractivity contribution < 1.29 is 9.90 Å². The molecule has 0 aliphatic heterocycles. The second-order valence-corrected chi connectivity index (χ2v) is 5.68. The molecule has 0 bridgehead atoms. The average Bonchev–Trinajstić information content (AvgIpc) is 2.54. The van der Waals surface area contributed by atoms with Gasteiger partial charge in [0.15, 0.2) is 5.78 Å². The minimum absolute atomic E-state index is 0.0307. The van der Waals surface area contributed by atoms with Gasteiger partial charge >= 0.3 is 0 Å². The molecule has 0 aromatic carbocycles. The fraction of sp³-hybridized carbons (Fsp3) is 0.650. The van der Waals surface area contributed by atoms with Crippen LogP contribution in [-0.2, 0) is 4.79 Å². The Hall–Kier alpha value is -1.15. The van der Waals surface area contributed by atoms with Crippen LogP contribution in [0.15, 0.2) is 36.5 Å². The highest BCUT2D eigenvalue weighted by Crippen LogP contribution is 2.08. The van der Waals surface area contributed by atoms with Gasteiger partial charge in [-0.25, -0.2) is 0 Å². The quantitative estimate of drug-likeness (QED) is 0.319. The zero-order valence-corrected chi connectivity index (χ0v) is 14.3. The number of hydrogen-bond donors (Lipinski definition) is 1. The smallest absolute Gasteiger partial charge is 0.158 e. The van der Waals surface area contributed by atoms with Gasteiger partial charge in [-0.1, -0.05) is 69.1 Å². The Balaban J connectivity index is 3.27. The van der Waals surface area contributed by atoms with Gasteiger partial charge in [0, 0.05) is 6.42 Å². The minimum Gasteiger partial charge on any atom is -0.389 e. The molecule has 0 aromatic rings. The number of aliphatic hydroxyl groups excluding tert-OH is 1. The highest BCUT2D eigenvalue weighted by molar-refractivity contribution is 5.79. The Kier molecular flexibility index (Phi) is 17.0. The van der Waals surface area contributed by atoms with Crippen LogP contribution in [0.4, 0.5) is 0 Å². The van der Waals surface area contributed by atoms with E-state index in [-0.39, 0.29) is 12.4 Å². The number of aliphatic hydroxyl groups is 1. The van der Waals surface area contributed by atoms with Gasteiger partial charge in [0.25, 0.3) is 0 Å². The summed E-state index contributed by atoms with van der Waals surface area (Å²) in [5.41, 5.74) is 0. The molecule has 0 rings (SSSR count). The predicted molar refractivity (Wildman–Crippen MR) is 96.0 cm³/mol. The van der Waals surface area contributed by atoms with Crippen molar-refractivity contribution in [2.45, 2.75) is 77.6 Å². The van der Waals surface area contributed by atoms with Crippen LogP contribution in [0.3, 0.4) is 0 Å². The maximum absolute atomic E-state index is 10.9. The number of hydrogen-bond acceptors (Lipinski definition) is 2. The summed E-state index contributed by atoms with van der Waals surface area (Å²) in [7, 11) is 0.